The molecular weight excluding hydrogens is 554 g/mol. The molecule has 1 unspecified atom stereocenters. The minimum Gasteiger partial charge on any atom is -0.457 e. The van der Waals surface area contributed by atoms with Crippen molar-refractivity contribution in [3.8, 4) is 0 Å². The highest BCUT2D eigenvalue weighted by Crippen LogP contribution is 2.84. The van der Waals surface area contributed by atoms with Gasteiger partial charge in [0.15, 0.2) is 0 Å². The first-order valence-corrected chi connectivity index (χ1v) is 15.4. The normalized spacial score (nSPS) is 51.2. The van der Waals surface area contributed by atoms with Gasteiger partial charge in [-0.05, 0) is 43.5 Å². The summed E-state index contributed by atoms with van der Waals surface area (Å²) in [7, 11) is 1.82. The van der Waals surface area contributed by atoms with Gasteiger partial charge in [-0.15, -0.1) is 0 Å². The van der Waals surface area contributed by atoms with Gasteiger partial charge in [-0.1, -0.05) is 45.5 Å². The smallest absolute Gasteiger partial charge is 0.338 e. The van der Waals surface area contributed by atoms with Gasteiger partial charge in [-0.3, -0.25) is 9.69 Å². The van der Waals surface area contributed by atoms with Crippen molar-refractivity contribution in [2.75, 3.05) is 7.05 Å². The summed E-state index contributed by atoms with van der Waals surface area (Å²) >= 11 is 0. The predicted octanol–water partition coefficient (Wildman–Crippen LogP) is 0.953. The van der Waals surface area contributed by atoms with Crippen LogP contribution in [0.2, 0.25) is 0 Å². The Hall–Kier alpha value is -2.63. The van der Waals surface area contributed by atoms with Gasteiger partial charge in [0, 0.05) is 40.7 Å². The van der Waals surface area contributed by atoms with Gasteiger partial charge in [0.25, 0.3) is 0 Å². The molecular formula is C33H41NO9. The molecule has 10 heteroatoms. The number of aliphatic hydroxyl groups is 4. The minimum atomic E-state index is -1.36. The van der Waals surface area contributed by atoms with Crippen LogP contribution in [0.3, 0.4) is 0 Å². The number of hydrogen-bond acceptors (Lipinski definition) is 10. The molecule has 2 saturated heterocycles. The second-order valence-corrected chi connectivity index (χ2v) is 14.3. The lowest BCUT2D eigenvalue weighted by Gasteiger charge is -2.70. The number of nitrogens with zero attached hydrogens (tertiary/aromatic N) is 1. The van der Waals surface area contributed by atoms with Crippen LogP contribution >= 0.6 is 0 Å². The molecule has 1 aromatic rings. The molecule has 16 atom stereocenters. The Bertz CT molecular complexity index is 1390. The molecule has 9 rings (SSSR count). The first-order valence-electron chi connectivity index (χ1n) is 15.4. The van der Waals surface area contributed by atoms with E-state index in [9.17, 15) is 34.8 Å². The zero-order valence-electron chi connectivity index (χ0n) is 24.9. The lowest BCUT2D eigenvalue weighted by atomic mass is 9.37. The fraction of sp³-hybridized carbons (Fsp3) is 0.667. The molecule has 8 fully saturated rings. The van der Waals surface area contributed by atoms with Gasteiger partial charge in [0.1, 0.15) is 18.5 Å². The van der Waals surface area contributed by atoms with Crippen LogP contribution in [0.4, 0.5) is 0 Å². The molecule has 232 valence electrons. The number of aliphatic hydroxyl groups excluding tert-OH is 4. The first kappa shape index (κ1) is 29.1. The third kappa shape index (κ3) is 3.09. The average molecular weight is 596 g/mol. The maximum absolute atomic E-state index is 13.3. The van der Waals surface area contributed by atoms with Gasteiger partial charge in [-0.2, -0.15) is 0 Å². The van der Waals surface area contributed by atoms with Crippen LogP contribution in [0.1, 0.15) is 44.0 Å². The lowest BCUT2D eigenvalue weighted by molar-refractivity contribution is -0.308. The van der Waals surface area contributed by atoms with Crippen molar-refractivity contribution in [3.63, 3.8) is 0 Å². The van der Waals surface area contributed by atoms with Crippen LogP contribution in [-0.2, 0) is 19.1 Å². The SMILES string of the molecule is C=C1[C@@H]2[C@@H](O)[C@@H]3[C@@]4([C@H]([C@H]2O)[C@H]2N(C)[C@@H]([C@@H]4O)[C@H]4[C@@]32[C@H](O)[C@@H](OC(=O)c2ccccc2)C[C@@]4(C)C=O)[C@H]1OC(=O)C(C)CC. The Kier molecular flexibility index (Phi) is 6.23. The number of aldehydes is 1. The molecule has 43 heavy (non-hydrogen) atoms. The fourth-order valence-electron chi connectivity index (χ4n) is 11.4. The largest absolute Gasteiger partial charge is 0.457 e. The van der Waals surface area contributed by atoms with Crippen molar-refractivity contribution in [2.45, 2.75) is 82.3 Å². The van der Waals surface area contributed by atoms with E-state index in [0.29, 0.717) is 17.6 Å². The Balaban J connectivity index is 1.41. The average Bonchev–Trinajstić information content (AvgIpc) is 3.34. The summed E-state index contributed by atoms with van der Waals surface area (Å²) in [4.78, 5) is 41.5. The zero-order chi connectivity index (χ0) is 31.0. The maximum Gasteiger partial charge on any atom is 0.338 e. The molecule has 0 amide bonds. The van der Waals surface area contributed by atoms with Crippen molar-refractivity contribution < 1.29 is 44.3 Å². The summed E-state index contributed by atoms with van der Waals surface area (Å²) in [5.74, 6) is -4.61. The highest BCUT2D eigenvalue weighted by atomic mass is 16.6. The molecule has 7 bridgehead atoms. The van der Waals surface area contributed by atoms with Gasteiger partial charge < -0.3 is 34.7 Å². The monoisotopic (exact) mass is 595 g/mol. The zero-order valence-corrected chi connectivity index (χ0v) is 24.9. The Morgan fingerprint density at radius 3 is 2.37 bits per heavy atom. The lowest BCUT2D eigenvalue weighted by Crippen LogP contribution is -2.80. The highest BCUT2D eigenvalue weighted by molar-refractivity contribution is 5.89. The van der Waals surface area contributed by atoms with Crippen molar-refractivity contribution >= 4 is 18.2 Å². The Labute approximate surface area is 250 Å². The van der Waals surface area contributed by atoms with E-state index >= 15 is 0 Å². The number of carbonyl (C=O) groups excluding carboxylic acids is 3. The van der Waals surface area contributed by atoms with Gasteiger partial charge in [-0.25, -0.2) is 4.79 Å². The molecule has 6 saturated carbocycles. The number of piperidine rings is 1. The quantitative estimate of drug-likeness (QED) is 0.212. The second-order valence-electron chi connectivity index (χ2n) is 14.3. The highest BCUT2D eigenvalue weighted by Gasteiger charge is 2.94. The molecule has 6 aliphatic carbocycles. The van der Waals surface area contributed by atoms with Gasteiger partial charge >= 0.3 is 11.9 Å². The molecule has 4 N–H and O–H groups in total. The van der Waals surface area contributed by atoms with Gasteiger partial charge in [0.05, 0.1) is 41.3 Å². The van der Waals surface area contributed by atoms with Crippen LogP contribution in [-0.4, -0.2) is 99.3 Å². The van der Waals surface area contributed by atoms with Crippen LogP contribution < -0.4 is 0 Å². The van der Waals surface area contributed by atoms with Crippen LogP contribution in [0, 0.1) is 45.8 Å². The summed E-state index contributed by atoms with van der Waals surface area (Å²) in [6.07, 6.45) is -5.65. The maximum atomic E-state index is 13.3. The van der Waals surface area contributed by atoms with Crippen molar-refractivity contribution in [1.29, 1.82) is 0 Å². The molecule has 1 aromatic carbocycles. The van der Waals surface area contributed by atoms with E-state index in [2.05, 4.69) is 6.58 Å². The third-order valence-corrected chi connectivity index (χ3v) is 12.8. The minimum absolute atomic E-state index is 0.0258. The van der Waals surface area contributed by atoms with E-state index in [1.807, 2.05) is 18.9 Å². The van der Waals surface area contributed by atoms with Crippen molar-refractivity contribution in [1.82, 2.24) is 4.90 Å². The van der Waals surface area contributed by atoms with Crippen molar-refractivity contribution in [2.24, 2.45) is 45.8 Å². The summed E-state index contributed by atoms with van der Waals surface area (Å²) in [6.45, 7) is 9.59. The summed E-state index contributed by atoms with van der Waals surface area (Å²) in [5.41, 5.74) is -3.13. The first-order chi connectivity index (χ1) is 20.3. The summed E-state index contributed by atoms with van der Waals surface area (Å²) in [6, 6.07) is 7.15. The van der Waals surface area contributed by atoms with E-state index in [1.165, 1.54) is 0 Å². The molecule has 10 nitrogen and oxygen atoms in total. The molecule has 0 aromatic heterocycles. The number of fused-ring (bicyclic) bond motifs is 1. The Morgan fingerprint density at radius 1 is 1.07 bits per heavy atom. The van der Waals surface area contributed by atoms with E-state index in [1.54, 1.807) is 44.2 Å². The molecule has 8 aliphatic rings. The van der Waals surface area contributed by atoms with Crippen molar-refractivity contribution in [3.05, 3.63) is 48.0 Å². The Morgan fingerprint density at radius 2 is 1.74 bits per heavy atom. The van der Waals surface area contributed by atoms with Gasteiger partial charge in [0.2, 0.25) is 0 Å². The van der Waals surface area contributed by atoms with Crippen LogP contribution in [0.25, 0.3) is 0 Å². The standard InChI is InChI=1S/C33H41NO9/c1-6-14(2)29(40)43-28-15(3)18-21(36)19-25-33-23(20(34(25)5)27(39)32(19,28)24(33)22(18)37)31(4,13-35)12-17(26(33)38)42-30(41)16-10-8-7-9-11-16/h7-11,13-14,17-28,36-39H,3,6,12H2,1-2,4-5H3/t14?,17-,18-,19+,20+,21-,22+,23+,24+,25+,26+,27-,28-,31-,32+,33+/m0/s1. The third-order valence-electron chi connectivity index (χ3n) is 12.8. The van der Waals surface area contributed by atoms with E-state index < -0.39 is 106 Å². The number of likely N-dealkylation sites (N-methyl/N-ethyl adjacent to an activating group) is 1. The second kappa shape index (κ2) is 9.20. The number of ether oxygens (including phenoxy) is 2. The molecule has 2 aliphatic heterocycles. The van der Waals surface area contributed by atoms with Crippen LogP contribution in [0.15, 0.2) is 42.5 Å². The number of benzene rings is 1. The van der Waals surface area contributed by atoms with E-state index in [4.69, 9.17) is 9.47 Å². The molecule has 2 heterocycles. The topological polar surface area (TPSA) is 154 Å². The number of rotatable bonds is 6. The van der Waals surface area contributed by atoms with E-state index in [0.717, 1.165) is 6.29 Å². The fourth-order valence-corrected chi connectivity index (χ4v) is 11.4. The van der Waals surface area contributed by atoms with Crippen LogP contribution in [0.5, 0.6) is 0 Å². The molecule has 2 spiro atoms. The summed E-state index contributed by atoms with van der Waals surface area (Å²) < 4.78 is 12.2. The number of hydrogen-bond donors (Lipinski definition) is 4. The van der Waals surface area contributed by atoms with E-state index in [-0.39, 0.29) is 6.42 Å². The number of carbonyl (C=O) groups is 3. The summed E-state index contributed by atoms with van der Waals surface area (Å²) in [5, 5.41) is 48.9. The number of esters is 2. The predicted molar refractivity (Wildman–Crippen MR) is 151 cm³/mol. The molecule has 0 radical (unpaired) electrons.